The van der Waals surface area contributed by atoms with E-state index in [4.69, 9.17) is 5.11 Å². The average molecular weight is 184 g/mol. The summed E-state index contributed by atoms with van der Waals surface area (Å²) >= 11 is 0. The predicted octanol–water partition coefficient (Wildman–Crippen LogP) is 2.96. The Labute approximate surface area is 79.2 Å². The molecule has 13 heavy (non-hydrogen) atoms. The quantitative estimate of drug-likeness (QED) is 0.711. The largest absolute Gasteiger partial charge is 0.392 e. The third-order valence-corrected chi connectivity index (χ3v) is 1.77. The number of hydrogen-bond donors (Lipinski definition) is 1. The first-order valence-electron chi connectivity index (χ1n) is 4.51. The van der Waals surface area contributed by atoms with Crippen LogP contribution in [0.5, 0.6) is 0 Å². The molecule has 2 heteroatoms. The number of aryl methyl sites for hydroxylation is 1. The van der Waals surface area contributed by atoms with Gasteiger partial charge >= 0.3 is 0 Å². The van der Waals surface area contributed by atoms with Gasteiger partial charge in [-0.3, -0.25) is 0 Å². The maximum absolute atomic E-state index is 12.9. The Bertz CT molecular complexity index is 269. The van der Waals surface area contributed by atoms with Crippen molar-refractivity contribution in [2.75, 3.05) is 0 Å². The fourth-order valence-electron chi connectivity index (χ4n) is 1.05. The number of rotatable bonds is 1. The minimum atomic E-state index is -0.242. The molecular formula is C11H17FO. The number of halogens is 1. The van der Waals surface area contributed by atoms with E-state index < -0.39 is 0 Å². The first-order chi connectivity index (χ1) is 6.15. The number of benzene rings is 1. The second-order valence-electron chi connectivity index (χ2n) is 2.69. The summed E-state index contributed by atoms with van der Waals surface area (Å²) < 4.78 is 12.9. The summed E-state index contributed by atoms with van der Waals surface area (Å²) in [6.45, 7) is 7.38. The molecule has 0 radical (unpaired) electrons. The van der Waals surface area contributed by atoms with E-state index in [1.54, 1.807) is 13.0 Å². The summed E-state index contributed by atoms with van der Waals surface area (Å²) in [6, 6.07) is 3.26. The molecule has 0 unspecified atom stereocenters. The summed E-state index contributed by atoms with van der Waals surface area (Å²) in [5.74, 6) is -0.242. The van der Waals surface area contributed by atoms with Crippen LogP contribution in [0.1, 0.15) is 30.5 Å². The Morgan fingerprint density at radius 2 is 1.77 bits per heavy atom. The van der Waals surface area contributed by atoms with E-state index in [2.05, 4.69) is 0 Å². The van der Waals surface area contributed by atoms with Gasteiger partial charge in [-0.2, -0.15) is 0 Å². The monoisotopic (exact) mass is 184 g/mol. The second-order valence-corrected chi connectivity index (χ2v) is 2.69. The van der Waals surface area contributed by atoms with Crippen LogP contribution in [-0.4, -0.2) is 5.11 Å². The van der Waals surface area contributed by atoms with Gasteiger partial charge in [0.25, 0.3) is 0 Å². The van der Waals surface area contributed by atoms with Gasteiger partial charge in [0, 0.05) is 0 Å². The molecule has 0 spiro atoms. The molecule has 1 aromatic rings. The minimum absolute atomic E-state index is 0.0928. The molecule has 0 aliphatic rings. The molecule has 1 rings (SSSR count). The Balaban J connectivity index is 0.000000671. The van der Waals surface area contributed by atoms with E-state index >= 15 is 0 Å². The fraction of sp³-hybridized carbons (Fsp3) is 0.455. The van der Waals surface area contributed by atoms with Crippen LogP contribution in [0, 0.1) is 19.7 Å². The zero-order chi connectivity index (χ0) is 10.4. The number of aliphatic hydroxyl groups excluding tert-OH is 1. The molecule has 1 N–H and O–H groups in total. The molecule has 0 aromatic heterocycles. The van der Waals surface area contributed by atoms with Crippen molar-refractivity contribution in [3.63, 3.8) is 0 Å². The lowest BCUT2D eigenvalue weighted by atomic mass is 10.1. The zero-order valence-electron chi connectivity index (χ0n) is 8.69. The van der Waals surface area contributed by atoms with Crippen LogP contribution >= 0.6 is 0 Å². The summed E-state index contributed by atoms with van der Waals surface area (Å²) in [6.07, 6.45) is 0. The first-order valence-corrected chi connectivity index (χ1v) is 4.51. The normalized spacial score (nSPS) is 9.08. The van der Waals surface area contributed by atoms with Gasteiger partial charge in [0.2, 0.25) is 0 Å². The maximum atomic E-state index is 12.9. The lowest BCUT2D eigenvalue weighted by Crippen LogP contribution is -1.93. The van der Waals surface area contributed by atoms with E-state index in [9.17, 15) is 4.39 Å². The van der Waals surface area contributed by atoms with E-state index in [0.29, 0.717) is 11.1 Å². The van der Waals surface area contributed by atoms with Crippen molar-refractivity contribution in [1.82, 2.24) is 0 Å². The lowest BCUT2D eigenvalue weighted by molar-refractivity contribution is 0.280. The third-order valence-electron chi connectivity index (χ3n) is 1.77. The molecular weight excluding hydrogens is 167 g/mol. The maximum Gasteiger partial charge on any atom is 0.126 e. The highest BCUT2D eigenvalue weighted by Gasteiger charge is 2.03. The van der Waals surface area contributed by atoms with Crippen LogP contribution in [0.4, 0.5) is 4.39 Å². The Kier molecular flexibility index (Phi) is 5.31. The van der Waals surface area contributed by atoms with Crippen LogP contribution in [0.3, 0.4) is 0 Å². The van der Waals surface area contributed by atoms with Gasteiger partial charge in [-0.05, 0) is 36.6 Å². The van der Waals surface area contributed by atoms with E-state index in [0.717, 1.165) is 5.56 Å². The summed E-state index contributed by atoms with van der Waals surface area (Å²) in [4.78, 5) is 0. The average Bonchev–Trinajstić information content (AvgIpc) is 2.14. The third kappa shape index (κ3) is 3.15. The molecule has 0 aliphatic heterocycles. The molecule has 0 atom stereocenters. The van der Waals surface area contributed by atoms with Gasteiger partial charge in [0.15, 0.2) is 0 Å². The van der Waals surface area contributed by atoms with Gasteiger partial charge in [-0.25, -0.2) is 4.39 Å². The molecule has 0 aliphatic carbocycles. The van der Waals surface area contributed by atoms with Gasteiger partial charge < -0.3 is 5.11 Å². The molecule has 74 valence electrons. The molecule has 0 saturated heterocycles. The van der Waals surface area contributed by atoms with Crippen molar-refractivity contribution in [1.29, 1.82) is 0 Å². The van der Waals surface area contributed by atoms with Crippen molar-refractivity contribution >= 4 is 0 Å². The number of aliphatic hydroxyl groups is 1. The molecule has 0 amide bonds. The molecule has 1 nitrogen and oxygen atoms in total. The van der Waals surface area contributed by atoms with Crippen molar-refractivity contribution in [3.8, 4) is 0 Å². The summed E-state index contributed by atoms with van der Waals surface area (Å²) in [5.41, 5.74) is 2.05. The Morgan fingerprint density at radius 1 is 1.23 bits per heavy atom. The molecule has 0 heterocycles. The van der Waals surface area contributed by atoms with Crippen molar-refractivity contribution in [2.45, 2.75) is 34.3 Å². The fourth-order valence-corrected chi connectivity index (χ4v) is 1.05. The van der Waals surface area contributed by atoms with Crippen molar-refractivity contribution in [2.24, 2.45) is 0 Å². The SMILES string of the molecule is CC.Cc1cc(F)c(C)c(CO)c1. The molecule has 0 saturated carbocycles. The van der Waals surface area contributed by atoms with Crippen LogP contribution in [-0.2, 0) is 6.61 Å². The lowest BCUT2D eigenvalue weighted by Gasteiger charge is -2.04. The van der Waals surface area contributed by atoms with E-state index in [-0.39, 0.29) is 12.4 Å². The van der Waals surface area contributed by atoms with Gasteiger partial charge in [-0.1, -0.05) is 19.9 Å². The smallest absolute Gasteiger partial charge is 0.126 e. The van der Waals surface area contributed by atoms with Crippen LogP contribution in [0.15, 0.2) is 12.1 Å². The topological polar surface area (TPSA) is 20.2 Å². The van der Waals surface area contributed by atoms with Crippen molar-refractivity contribution in [3.05, 3.63) is 34.6 Å². The minimum Gasteiger partial charge on any atom is -0.392 e. The molecule has 1 aromatic carbocycles. The molecule has 0 fully saturated rings. The zero-order valence-corrected chi connectivity index (χ0v) is 8.69. The summed E-state index contributed by atoms with van der Waals surface area (Å²) in [5, 5.41) is 8.80. The highest BCUT2D eigenvalue weighted by molar-refractivity contribution is 5.31. The standard InChI is InChI=1S/C9H11FO.C2H6/c1-6-3-8(5-11)7(2)9(10)4-6;1-2/h3-4,11H,5H2,1-2H3;1-2H3. The van der Waals surface area contributed by atoms with Crippen LogP contribution in [0.2, 0.25) is 0 Å². The summed E-state index contributed by atoms with van der Waals surface area (Å²) in [7, 11) is 0. The second kappa shape index (κ2) is 5.70. The van der Waals surface area contributed by atoms with Crippen molar-refractivity contribution < 1.29 is 9.50 Å². The van der Waals surface area contributed by atoms with Gasteiger partial charge in [-0.15, -0.1) is 0 Å². The highest BCUT2D eigenvalue weighted by Crippen LogP contribution is 2.14. The van der Waals surface area contributed by atoms with Crippen LogP contribution < -0.4 is 0 Å². The Hall–Kier alpha value is -0.890. The van der Waals surface area contributed by atoms with E-state index in [1.165, 1.54) is 6.07 Å². The van der Waals surface area contributed by atoms with Gasteiger partial charge in [0.1, 0.15) is 5.82 Å². The molecule has 0 bridgehead atoms. The Morgan fingerprint density at radius 3 is 2.23 bits per heavy atom. The van der Waals surface area contributed by atoms with Gasteiger partial charge in [0.05, 0.1) is 6.61 Å². The first kappa shape index (κ1) is 12.1. The highest BCUT2D eigenvalue weighted by atomic mass is 19.1. The number of hydrogen-bond acceptors (Lipinski definition) is 1. The predicted molar refractivity (Wildman–Crippen MR) is 53.1 cm³/mol. The van der Waals surface area contributed by atoms with Crippen LogP contribution in [0.25, 0.3) is 0 Å². The van der Waals surface area contributed by atoms with E-state index in [1.807, 2.05) is 20.8 Å².